The summed E-state index contributed by atoms with van der Waals surface area (Å²) in [6.07, 6.45) is -0.220. The van der Waals surface area contributed by atoms with E-state index in [-0.39, 0.29) is 16.5 Å². The van der Waals surface area contributed by atoms with Crippen LogP contribution in [0.5, 0.6) is 0 Å². The average Bonchev–Trinajstić information content (AvgIpc) is 2.08. The van der Waals surface area contributed by atoms with Crippen molar-refractivity contribution >= 4 is 21.9 Å². The normalized spacial score (nSPS) is 11.6. The Balaban J connectivity index is 3.22. The van der Waals surface area contributed by atoms with E-state index < -0.39 is 23.0 Å². The summed E-state index contributed by atoms with van der Waals surface area (Å²) in [4.78, 5) is 10.6. The SMILES string of the molecule is CC(C)(CC(=O)O)c1cc(Br)c(F)cc1F. The zero-order valence-electron chi connectivity index (χ0n) is 8.85. The van der Waals surface area contributed by atoms with Crippen LogP contribution in [-0.2, 0) is 10.2 Å². The standard InChI is InChI=1S/C11H11BrF2O2/c1-11(2,5-10(15)16)6-3-7(12)9(14)4-8(6)13/h3-4H,5H2,1-2H3,(H,15,16). The van der Waals surface area contributed by atoms with Gasteiger partial charge in [0.15, 0.2) is 0 Å². The molecular formula is C11H11BrF2O2. The summed E-state index contributed by atoms with van der Waals surface area (Å²) in [7, 11) is 0. The van der Waals surface area contributed by atoms with Gasteiger partial charge in [-0.3, -0.25) is 4.79 Å². The molecule has 1 rings (SSSR count). The fourth-order valence-corrected chi connectivity index (χ4v) is 1.86. The van der Waals surface area contributed by atoms with Crippen LogP contribution in [0.15, 0.2) is 16.6 Å². The second-order valence-electron chi connectivity index (χ2n) is 4.20. The number of carboxylic acids is 1. The second-order valence-corrected chi connectivity index (χ2v) is 5.05. The molecule has 0 fully saturated rings. The Labute approximate surface area is 100 Å². The van der Waals surface area contributed by atoms with Gasteiger partial charge in [0.2, 0.25) is 0 Å². The van der Waals surface area contributed by atoms with Gasteiger partial charge in [-0.15, -0.1) is 0 Å². The summed E-state index contributed by atoms with van der Waals surface area (Å²) in [5, 5.41) is 8.72. The minimum Gasteiger partial charge on any atom is -0.481 e. The Bertz CT molecular complexity index is 430. The maximum Gasteiger partial charge on any atom is 0.304 e. The lowest BCUT2D eigenvalue weighted by Crippen LogP contribution is -2.23. The van der Waals surface area contributed by atoms with Crippen molar-refractivity contribution in [3.63, 3.8) is 0 Å². The molecule has 0 amide bonds. The van der Waals surface area contributed by atoms with Gasteiger partial charge in [0.1, 0.15) is 11.6 Å². The smallest absolute Gasteiger partial charge is 0.304 e. The zero-order valence-corrected chi connectivity index (χ0v) is 10.4. The van der Waals surface area contributed by atoms with Crippen LogP contribution in [-0.4, -0.2) is 11.1 Å². The van der Waals surface area contributed by atoms with Crippen LogP contribution < -0.4 is 0 Å². The Morgan fingerprint density at radius 1 is 1.38 bits per heavy atom. The molecule has 0 aromatic heterocycles. The quantitative estimate of drug-likeness (QED) is 0.866. The van der Waals surface area contributed by atoms with Crippen LogP contribution in [0.4, 0.5) is 8.78 Å². The van der Waals surface area contributed by atoms with E-state index in [0.29, 0.717) is 0 Å². The van der Waals surface area contributed by atoms with Crippen LogP contribution in [0.25, 0.3) is 0 Å². The molecule has 1 N–H and O–H groups in total. The first kappa shape index (κ1) is 13.1. The van der Waals surface area contributed by atoms with E-state index in [1.54, 1.807) is 13.8 Å². The first-order valence-corrected chi connectivity index (χ1v) is 5.40. The van der Waals surface area contributed by atoms with Crippen molar-refractivity contribution in [2.24, 2.45) is 0 Å². The average molecular weight is 293 g/mol. The van der Waals surface area contributed by atoms with Crippen molar-refractivity contribution in [1.29, 1.82) is 0 Å². The molecule has 0 aliphatic carbocycles. The van der Waals surface area contributed by atoms with E-state index in [1.807, 2.05) is 0 Å². The number of hydrogen-bond acceptors (Lipinski definition) is 1. The van der Waals surface area contributed by atoms with Gasteiger partial charge in [0.05, 0.1) is 10.9 Å². The fraction of sp³-hybridized carbons (Fsp3) is 0.364. The minimum atomic E-state index is -1.02. The summed E-state index contributed by atoms with van der Waals surface area (Å²) in [5.41, 5.74) is -0.699. The lowest BCUT2D eigenvalue weighted by atomic mass is 9.81. The number of carboxylic acid groups (broad SMARTS) is 1. The molecule has 0 saturated carbocycles. The molecule has 88 valence electrons. The molecule has 0 radical (unpaired) electrons. The second kappa shape index (κ2) is 4.49. The van der Waals surface area contributed by atoms with E-state index in [2.05, 4.69) is 15.9 Å². The number of benzene rings is 1. The van der Waals surface area contributed by atoms with Gasteiger partial charge in [0.25, 0.3) is 0 Å². The molecule has 0 aliphatic heterocycles. The predicted molar refractivity (Wildman–Crippen MR) is 59.3 cm³/mol. The van der Waals surface area contributed by atoms with Crippen LogP contribution in [0.2, 0.25) is 0 Å². The molecule has 0 spiro atoms. The van der Waals surface area contributed by atoms with Crippen LogP contribution >= 0.6 is 15.9 Å². The number of aliphatic carboxylic acids is 1. The maximum atomic E-state index is 13.5. The molecule has 0 aliphatic rings. The summed E-state index contributed by atoms with van der Waals surface area (Å²) in [5.74, 6) is -2.45. The molecule has 0 bridgehead atoms. The molecule has 0 saturated heterocycles. The van der Waals surface area contributed by atoms with Gasteiger partial charge in [-0.2, -0.15) is 0 Å². The number of hydrogen-bond donors (Lipinski definition) is 1. The summed E-state index contributed by atoms with van der Waals surface area (Å²) in [6.45, 7) is 3.20. The molecule has 0 heterocycles. The third kappa shape index (κ3) is 2.78. The Hall–Kier alpha value is -0.970. The molecule has 16 heavy (non-hydrogen) atoms. The van der Waals surface area contributed by atoms with Crippen molar-refractivity contribution in [2.45, 2.75) is 25.7 Å². The van der Waals surface area contributed by atoms with Gasteiger partial charge >= 0.3 is 5.97 Å². The number of rotatable bonds is 3. The number of carbonyl (C=O) groups is 1. The first-order chi connectivity index (χ1) is 7.24. The summed E-state index contributed by atoms with van der Waals surface area (Å²) < 4.78 is 26.7. The third-order valence-electron chi connectivity index (χ3n) is 2.33. The van der Waals surface area contributed by atoms with Crippen molar-refractivity contribution in [3.8, 4) is 0 Å². The van der Waals surface area contributed by atoms with E-state index in [1.165, 1.54) is 6.07 Å². The van der Waals surface area contributed by atoms with Gasteiger partial charge in [-0.1, -0.05) is 13.8 Å². The first-order valence-electron chi connectivity index (χ1n) is 4.61. The molecule has 0 unspecified atom stereocenters. The van der Waals surface area contributed by atoms with Crippen LogP contribution in [0, 0.1) is 11.6 Å². The molecule has 5 heteroatoms. The summed E-state index contributed by atoms with van der Waals surface area (Å²) in [6, 6.07) is 2.04. The minimum absolute atomic E-state index is 0.127. The van der Waals surface area contributed by atoms with Gasteiger partial charge in [0, 0.05) is 11.5 Å². The molecule has 1 aromatic rings. The fourth-order valence-electron chi connectivity index (χ4n) is 1.51. The van der Waals surface area contributed by atoms with E-state index in [0.717, 1.165) is 6.07 Å². The Morgan fingerprint density at radius 3 is 2.44 bits per heavy atom. The lowest BCUT2D eigenvalue weighted by molar-refractivity contribution is -0.138. The molecule has 0 atom stereocenters. The van der Waals surface area contributed by atoms with Crippen molar-refractivity contribution < 1.29 is 18.7 Å². The van der Waals surface area contributed by atoms with Gasteiger partial charge in [-0.25, -0.2) is 8.78 Å². The van der Waals surface area contributed by atoms with E-state index in [4.69, 9.17) is 5.11 Å². The highest BCUT2D eigenvalue weighted by atomic mass is 79.9. The lowest BCUT2D eigenvalue weighted by Gasteiger charge is -2.24. The van der Waals surface area contributed by atoms with Crippen molar-refractivity contribution in [3.05, 3.63) is 33.8 Å². The topological polar surface area (TPSA) is 37.3 Å². The van der Waals surface area contributed by atoms with Crippen LogP contribution in [0.1, 0.15) is 25.8 Å². The van der Waals surface area contributed by atoms with Crippen molar-refractivity contribution in [1.82, 2.24) is 0 Å². The largest absolute Gasteiger partial charge is 0.481 e. The zero-order chi connectivity index (χ0) is 12.5. The van der Waals surface area contributed by atoms with Gasteiger partial charge < -0.3 is 5.11 Å². The highest BCUT2D eigenvalue weighted by molar-refractivity contribution is 9.10. The number of halogens is 3. The van der Waals surface area contributed by atoms with E-state index >= 15 is 0 Å². The third-order valence-corrected chi connectivity index (χ3v) is 2.94. The highest BCUT2D eigenvalue weighted by Gasteiger charge is 2.28. The Morgan fingerprint density at radius 2 is 1.94 bits per heavy atom. The van der Waals surface area contributed by atoms with Crippen molar-refractivity contribution in [2.75, 3.05) is 0 Å². The summed E-state index contributed by atoms with van der Waals surface area (Å²) >= 11 is 2.95. The molecule has 1 aromatic carbocycles. The van der Waals surface area contributed by atoms with E-state index in [9.17, 15) is 13.6 Å². The Kier molecular flexibility index (Phi) is 3.68. The van der Waals surface area contributed by atoms with Gasteiger partial charge in [-0.05, 0) is 27.6 Å². The maximum absolute atomic E-state index is 13.5. The van der Waals surface area contributed by atoms with Crippen LogP contribution in [0.3, 0.4) is 0 Å². The monoisotopic (exact) mass is 292 g/mol. The predicted octanol–water partition coefficient (Wildman–Crippen LogP) is 3.48. The molecular weight excluding hydrogens is 282 g/mol. The molecule has 2 nitrogen and oxygen atoms in total. The highest BCUT2D eigenvalue weighted by Crippen LogP contribution is 2.32.